The summed E-state index contributed by atoms with van der Waals surface area (Å²) in [6.45, 7) is 1.81. The van der Waals surface area contributed by atoms with Gasteiger partial charge in [0.15, 0.2) is 5.78 Å². The van der Waals surface area contributed by atoms with Crippen LogP contribution in [0.15, 0.2) is 18.2 Å². The van der Waals surface area contributed by atoms with E-state index in [1.54, 1.807) is 12.1 Å². The zero-order chi connectivity index (χ0) is 12.1. The van der Waals surface area contributed by atoms with Crippen LogP contribution in [0.5, 0.6) is 0 Å². The largest absolute Gasteiger partial charge is 0.465 e. The van der Waals surface area contributed by atoms with Gasteiger partial charge in [0, 0.05) is 17.3 Å². The van der Waals surface area contributed by atoms with Crippen molar-refractivity contribution < 1.29 is 14.3 Å². The number of esters is 1. The van der Waals surface area contributed by atoms with E-state index in [0.29, 0.717) is 22.9 Å². The molecule has 0 unspecified atom stereocenters. The van der Waals surface area contributed by atoms with E-state index in [9.17, 15) is 9.59 Å². The van der Waals surface area contributed by atoms with Gasteiger partial charge < -0.3 is 4.74 Å². The molecule has 0 saturated heterocycles. The average molecular weight is 285 g/mol. The van der Waals surface area contributed by atoms with Crippen molar-refractivity contribution in [1.82, 2.24) is 0 Å². The molecule has 0 N–H and O–H groups in total. The molecule has 1 rings (SSSR count). The van der Waals surface area contributed by atoms with Gasteiger partial charge in [-0.3, -0.25) is 4.79 Å². The van der Waals surface area contributed by atoms with Crippen molar-refractivity contribution in [1.29, 1.82) is 0 Å². The third kappa shape index (κ3) is 2.70. The first-order chi connectivity index (χ1) is 7.61. The third-order valence-electron chi connectivity index (χ3n) is 2.28. The van der Waals surface area contributed by atoms with Crippen LogP contribution in [0.25, 0.3) is 0 Å². The van der Waals surface area contributed by atoms with Gasteiger partial charge in [0.1, 0.15) is 0 Å². The second kappa shape index (κ2) is 5.80. The highest BCUT2D eigenvalue weighted by Crippen LogP contribution is 2.17. The van der Waals surface area contributed by atoms with Crippen molar-refractivity contribution in [3.63, 3.8) is 0 Å². The molecule has 0 heterocycles. The van der Waals surface area contributed by atoms with Crippen LogP contribution in [0, 0.1) is 6.92 Å². The second-order valence-electron chi connectivity index (χ2n) is 3.35. The zero-order valence-electron chi connectivity index (χ0n) is 9.25. The molecular weight excluding hydrogens is 272 g/mol. The first kappa shape index (κ1) is 12.9. The molecule has 0 aliphatic rings. The number of hydrogen-bond donors (Lipinski definition) is 0. The summed E-state index contributed by atoms with van der Waals surface area (Å²) in [4.78, 5) is 23.4. The predicted octanol–water partition coefficient (Wildman–Crippen LogP) is 2.75. The number of Topliss-reactive ketones (excluding diaryl/α,β-unsaturated/α-hetero) is 1. The van der Waals surface area contributed by atoms with Crippen molar-refractivity contribution in [2.75, 3.05) is 12.4 Å². The van der Waals surface area contributed by atoms with Gasteiger partial charge >= 0.3 is 5.97 Å². The summed E-state index contributed by atoms with van der Waals surface area (Å²) in [5, 5.41) is 0.584. The molecule has 4 heteroatoms. The van der Waals surface area contributed by atoms with Crippen LogP contribution in [0.4, 0.5) is 0 Å². The Morgan fingerprint density at radius 1 is 1.38 bits per heavy atom. The SMILES string of the molecule is COC(=O)c1cccc(C)c1C(=O)CCBr. The van der Waals surface area contributed by atoms with Gasteiger partial charge in [-0.2, -0.15) is 0 Å². The smallest absolute Gasteiger partial charge is 0.338 e. The van der Waals surface area contributed by atoms with Gasteiger partial charge in [-0.15, -0.1) is 0 Å². The van der Waals surface area contributed by atoms with Crippen molar-refractivity contribution in [2.45, 2.75) is 13.3 Å². The number of benzene rings is 1. The maximum Gasteiger partial charge on any atom is 0.338 e. The van der Waals surface area contributed by atoms with E-state index in [1.807, 2.05) is 13.0 Å². The molecule has 0 bridgehead atoms. The monoisotopic (exact) mass is 284 g/mol. The Bertz CT molecular complexity index is 413. The minimum atomic E-state index is -0.471. The van der Waals surface area contributed by atoms with E-state index < -0.39 is 5.97 Å². The second-order valence-corrected chi connectivity index (χ2v) is 4.14. The number of methoxy groups -OCH3 is 1. The van der Waals surface area contributed by atoms with E-state index >= 15 is 0 Å². The number of halogens is 1. The lowest BCUT2D eigenvalue weighted by molar-refractivity contribution is 0.0597. The molecule has 0 saturated carbocycles. The Morgan fingerprint density at radius 2 is 2.06 bits per heavy atom. The molecule has 0 radical (unpaired) electrons. The lowest BCUT2D eigenvalue weighted by Crippen LogP contribution is -2.12. The Kier molecular flexibility index (Phi) is 4.68. The number of rotatable bonds is 4. The number of ketones is 1. The molecular formula is C12H13BrO3. The molecule has 86 valence electrons. The molecule has 0 spiro atoms. The summed E-state index contributed by atoms with van der Waals surface area (Å²) in [5.74, 6) is -0.517. The molecule has 0 amide bonds. The molecule has 0 aliphatic heterocycles. The first-order valence-corrected chi connectivity index (χ1v) is 6.01. The summed E-state index contributed by atoms with van der Waals surface area (Å²) in [5.41, 5.74) is 1.61. The maximum atomic E-state index is 11.9. The van der Waals surface area contributed by atoms with Gasteiger partial charge in [0.2, 0.25) is 0 Å². The van der Waals surface area contributed by atoms with Crippen LogP contribution in [0.2, 0.25) is 0 Å². The Hall–Kier alpha value is -1.16. The van der Waals surface area contributed by atoms with Crippen molar-refractivity contribution in [2.24, 2.45) is 0 Å². The summed E-state index contributed by atoms with van der Waals surface area (Å²) >= 11 is 3.21. The number of carbonyl (C=O) groups excluding carboxylic acids is 2. The van der Waals surface area contributed by atoms with Crippen molar-refractivity contribution in [3.8, 4) is 0 Å². The lowest BCUT2D eigenvalue weighted by atomic mass is 9.97. The molecule has 1 aromatic carbocycles. The lowest BCUT2D eigenvalue weighted by Gasteiger charge is -2.09. The van der Waals surface area contributed by atoms with E-state index in [4.69, 9.17) is 0 Å². The van der Waals surface area contributed by atoms with E-state index in [1.165, 1.54) is 7.11 Å². The highest BCUT2D eigenvalue weighted by molar-refractivity contribution is 9.09. The highest BCUT2D eigenvalue weighted by atomic mass is 79.9. The number of hydrogen-bond acceptors (Lipinski definition) is 3. The highest BCUT2D eigenvalue weighted by Gasteiger charge is 2.18. The van der Waals surface area contributed by atoms with Crippen molar-refractivity contribution >= 4 is 27.7 Å². The minimum Gasteiger partial charge on any atom is -0.465 e. The molecule has 0 fully saturated rings. The molecule has 1 aromatic rings. The van der Waals surface area contributed by atoms with Crippen LogP contribution < -0.4 is 0 Å². The summed E-state index contributed by atoms with van der Waals surface area (Å²) in [7, 11) is 1.31. The average Bonchev–Trinajstić information content (AvgIpc) is 2.27. The standard InChI is InChI=1S/C12H13BrO3/c1-8-4-3-5-9(12(15)16-2)11(8)10(14)6-7-13/h3-5H,6-7H2,1-2H3. The van der Waals surface area contributed by atoms with Crippen LogP contribution in [0.1, 0.15) is 32.7 Å². The maximum absolute atomic E-state index is 11.9. The molecule has 3 nitrogen and oxygen atoms in total. The van der Waals surface area contributed by atoms with Crippen LogP contribution in [0.3, 0.4) is 0 Å². The predicted molar refractivity (Wildman–Crippen MR) is 65.3 cm³/mol. The fourth-order valence-corrected chi connectivity index (χ4v) is 1.89. The molecule has 0 atom stereocenters. The Balaban J connectivity index is 3.23. The van der Waals surface area contributed by atoms with Gasteiger partial charge in [0.25, 0.3) is 0 Å². The van der Waals surface area contributed by atoms with Crippen LogP contribution in [-0.4, -0.2) is 24.2 Å². The number of alkyl halides is 1. The van der Waals surface area contributed by atoms with Crippen LogP contribution in [-0.2, 0) is 4.74 Å². The normalized spacial score (nSPS) is 9.94. The summed E-state index contributed by atoms with van der Waals surface area (Å²) in [6, 6.07) is 5.17. The van der Waals surface area contributed by atoms with Gasteiger partial charge in [-0.25, -0.2) is 4.79 Å². The fourth-order valence-electron chi connectivity index (χ4n) is 1.53. The van der Waals surface area contributed by atoms with Gasteiger partial charge in [0.05, 0.1) is 12.7 Å². The summed E-state index contributed by atoms with van der Waals surface area (Å²) < 4.78 is 4.66. The first-order valence-electron chi connectivity index (χ1n) is 4.89. The van der Waals surface area contributed by atoms with Gasteiger partial charge in [-0.1, -0.05) is 28.1 Å². The van der Waals surface area contributed by atoms with Crippen LogP contribution >= 0.6 is 15.9 Å². The molecule has 0 aromatic heterocycles. The number of aryl methyl sites for hydroxylation is 1. The van der Waals surface area contributed by atoms with Gasteiger partial charge in [-0.05, 0) is 18.6 Å². The number of ether oxygens (including phenoxy) is 1. The molecule has 16 heavy (non-hydrogen) atoms. The summed E-state index contributed by atoms with van der Waals surface area (Å²) in [6.07, 6.45) is 0.370. The number of carbonyl (C=O) groups is 2. The topological polar surface area (TPSA) is 43.4 Å². The van der Waals surface area contributed by atoms with E-state index in [-0.39, 0.29) is 5.78 Å². The van der Waals surface area contributed by atoms with Crippen molar-refractivity contribution in [3.05, 3.63) is 34.9 Å². The molecule has 0 aliphatic carbocycles. The van der Waals surface area contributed by atoms with E-state index in [0.717, 1.165) is 5.56 Å². The quantitative estimate of drug-likeness (QED) is 0.485. The Morgan fingerprint density at radius 3 is 2.62 bits per heavy atom. The minimum absolute atomic E-state index is 0.0459. The Labute approximate surface area is 103 Å². The van der Waals surface area contributed by atoms with E-state index in [2.05, 4.69) is 20.7 Å². The zero-order valence-corrected chi connectivity index (χ0v) is 10.8. The fraction of sp³-hybridized carbons (Fsp3) is 0.333. The third-order valence-corrected chi connectivity index (χ3v) is 2.67.